The standard InChI is InChI=1S/C18H19FN2O3S2/c1-21(26(2,23)24)16-6-4-3-5-13(16)18(22)20-15-9-10-25-17-8-7-12(19)11-14(15)17/h3-8,11,15H,9-10H2,1-2H3,(H,20,22)/t15-/m0/s1. The minimum absolute atomic E-state index is 0.261. The smallest absolute Gasteiger partial charge is 0.253 e. The summed E-state index contributed by atoms with van der Waals surface area (Å²) in [6.07, 6.45) is 1.76. The van der Waals surface area contributed by atoms with E-state index in [9.17, 15) is 17.6 Å². The Hall–Kier alpha value is -2.06. The minimum Gasteiger partial charge on any atom is -0.345 e. The SMILES string of the molecule is CN(c1ccccc1C(=O)N[C@H]1CCSc2ccc(F)cc21)S(C)(=O)=O. The van der Waals surface area contributed by atoms with Crippen molar-refractivity contribution in [2.24, 2.45) is 0 Å². The molecular weight excluding hydrogens is 375 g/mol. The van der Waals surface area contributed by atoms with Crippen molar-refractivity contribution in [2.45, 2.75) is 17.4 Å². The summed E-state index contributed by atoms with van der Waals surface area (Å²) in [5.41, 5.74) is 1.32. The van der Waals surface area contributed by atoms with E-state index in [1.165, 1.54) is 19.2 Å². The van der Waals surface area contributed by atoms with Crippen molar-refractivity contribution < 1.29 is 17.6 Å². The molecule has 0 aliphatic carbocycles. The predicted octanol–water partition coefficient (Wildman–Crippen LogP) is 3.19. The molecule has 0 bridgehead atoms. The number of sulfonamides is 1. The molecule has 0 radical (unpaired) electrons. The Morgan fingerprint density at radius 3 is 2.73 bits per heavy atom. The largest absolute Gasteiger partial charge is 0.345 e. The molecule has 1 amide bonds. The number of hydrogen-bond donors (Lipinski definition) is 1. The average Bonchev–Trinajstić information content (AvgIpc) is 2.60. The number of thioether (sulfide) groups is 1. The van der Waals surface area contributed by atoms with E-state index < -0.39 is 10.0 Å². The number of benzene rings is 2. The van der Waals surface area contributed by atoms with Crippen LogP contribution in [0.5, 0.6) is 0 Å². The van der Waals surface area contributed by atoms with Gasteiger partial charge in [-0.3, -0.25) is 9.10 Å². The van der Waals surface area contributed by atoms with Crippen molar-refractivity contribution >= 4 is 33.4 Å². The van der Waals surface area contributed by atoms with Gasteiger partial charge < -0.3 is 5.32 Å². The van der Waals surface area contributed by atoms with Crippen LogP contribution in [0, 0.1) is 5.82 Å². The molecule has 138 valence electrons. The molecule has 1 N–H and O–H groups in total. The minimum atomic E-state index is -3.50. The maximum Gasteiger partial charge on any atom is 0.253 e. The van der Waals surface area contributed by atoms with E-state index in [0.29, 0.717) is 12.1 Å². The quantitative estimate of drug-likeness (QED) is 0.865. The summed E-state index contributed by atoms with van der Waals surface area (Å²) in [4.78, 5) is 13.8. The van der Waals surface area contributed by atoms with Crippen LogP contribution in [0.15, 0.2) is 47.4 Å². The maximum atomic E-state index is 13.6. The molecule has 3 rings (SSSR count). The predicted molar refractivity (Wildman–Crippen MR) is 102 cm³/mol. The van der Waals surface area contributed by atoms with Crippen LogP contribution in [-0.4, -0.2) is 33.4 Å². The molecule has 1 aliphatic heterocycles. The zero-order valence-electron chi connectivity index (χ0n) is 14.4. The first-order valence-corrected chi connectivity index (χ1v) is 10.9. The highest BCUT2D eigenvalue weighted by atomic mass is 32.2. The molecule has 0 fully saturated rings. The number of hydrogen-bond acceptors (Lipinski definition) is 4. The number of amides is 1. The zero-order valence-corrected chi connectivity index (χ0v) is 16.0. The van der Waals surface area contributed by atoms with Gasteiger partial charge in [0, 0.05) is 17.7 Å². The Morgan fingerprint density at radius 2 is 2.00 bits per heavy atom. The van der Waals surface area contributed by atoms with Crippen molar-refractivity contribution in [3.05, 3.63) is 59.4 Å². The molecule has 8 heteroatoms. The van der Waals surface area contributed by atoms with Crippen molar-refractivity contribution in [1.82, 2.24) is 5.32 Å². The fraction of sp³-hybridized carbons (Fsp3) is 0.278. The number of carbonyl (C=O) groups excluding carboxylic acids is 1. The molecule has 0 saturated carbocycles. The van der Waals surface area contributed by atoms with E-state index >= 15 is 0 Å². The van der Waals surface area contributed by atoms with Crippen molar-refractivity contribution in [3.8, 4) is 0 Å². The normalized spacial score (nSPS) is 16.7. The summed E-state index contributed by atoms with van der Waals surface area (Å²) < 4.78 is 38.4. The van der Waals surface area contributed by atoms with Crippen molar-refractivity contribution in [1.29, 1.82) is 0 Å². The van der Waals surface area contributed by atoms with Gasteiger partial charge in [0.1, 0.15) is 5.82 Å². The second-order valence-electron chi connectivity index (χ2n) is 6.09. The van der Waals surface area contributed by atoms with E-state index in [1.807, 2.05) is 0 Å². The lowest BCUT2D eigenvalue weighted by atomic mass is 10.0. The van der Waals surface area contributed by atoms with Gasteiger partial charge in [-0.1, -0.05) is 12.1 Å². The second-order valence-corrected chi connectivity index (χ2v) is 9.24. The number of nitrogens with zero attached hydrogens (tertiary/aromatic N) is 1. The first kappa shape index (κ1) is 18.7. The van der Waals surface area contributed by atoms with Gasteiger partial charge in [-0.2, -0.15) is 0 Å². The summed E-state index contributed by atoms with van der Waals surface area (Å²) >= 11 is 1.63. The number of nitrogens with one attached hydrogen (secondary N) is 1. The van der Waals surface area contributed by atoms with Crippen LogP contribution in [0.25, 0.3) is 0 Å². The second kappa shape index (κ2) is 7.28. The topological polar surface area (TPSA) is 66.5 Å². The van der Waals surface area contributed by atoms with Crippen molar-refractivity contribution in [2.75, 3.05) is 23.4 Å². The van der Waals surface area contributed by atoms with Gasteiger partial charge in [0.15, 0.2) is 0 Å². The monoisotopic (exact) mass is 394 g/mol. The highest BCUT2D eigenvalue weighted by Gasteiger charge is 2.25. The van der Waals surface area contributed by atoms with Gasteiger partial charge in [-0.25, -0.2) is 12.8 Å². The van der Waals surface area contributed by atoms with E-state index in [4.69, 9.17) is 0 Å². The van der Waals surface area contributed by atoms with Gasteiger partial charge in [-0.15, -0.1) is 11.8 Å². The van der Waals surface area contributed by atoms with E-state index in [0.717, 1.165) is 26.8 Å². The van der Waals surface area contributed by atoms with Gasteiger partial charge in [0.25, 0.3) is 5.91 Å². The summed E-state index contributed by atoms with van der Waals surface area (Å²) in [6, 6.07) is 10.8. The number of fused-ring (bicyclic) bond motifs is 1. The third-order valence-corrected chi connectivity index (χ3v) is 6.62. The Kier molecular flexibility index (Phi) is 5.24. The molecule has 2 aromatic carbocycles. The molecule has 1 heterocycles. The summed E-state index contributed by atoms with van der Waals surface area (Å²) in [5.74, 6) is 0.0833. The van der Waals surface area contributed by atoms with Crippen LogP contribution in [0.2, 0.25) is 0 Å². The van der Waals surface area contributed by atoms with Gasteiger partial charge in [0.05, 0.1) is 23.5 Å². The van der Waals surface area contributed by atoms with Gasteiger partial charge in [-0.05, 0) is 42.3 Å². The van der Waals surface area contributed by atoms with Crippen LogP contribution in [0.4, 0.5) is 10.1 Å². The first-order valence-electron chi connectivity index (χ1n) is 8.03. The van der Waals surface area contributed by atoms with Gasteiger partial charge >= 0.3 is 0 Å². The van der Waals surface area contributed by atoms with Crippen molar-refractivity contribution in [3.63, 3.8) is 0 Å². The molecule has 2 aromatic rings. The number of halogens is 1. The van der Waals surface area contributed by atoms with Gasteiger partial charge in [0.2, 0.25) is 10.0 Å². The van der Waals surface area contributed by atoms with E-state index in [2.05, 4.69) is 5.32 Å². The number of carbonyl (C=O) groups is 1. The molecule has 0 spiro atoms. The Morgan fingerprint density at radius 1 is 1.27 bits per heavy atom. The average molecular weight is 394 g/mol. The molecule has 1 atom stereocenters. The van der Waals surface area contributed by atoms with Crippen LogP contribution in [0.1, 0.15) is 28.4 Å². The fourth-order valence-corrected chi connectivity index (χ4v) is 4.49. The fourth-order valence-electron chi connectivity index (χ4n) is 2.87. The lowest BCUT2D eigenvalue weighted by Crippen LogP contribution is -2.33. The number of anilines is 1. The molecule has 0 aromatic heterocycles. The highest BCUT2D eigenvalue weighted by molar-refractivity contribution is 7.99. The maximum absolute atomic E-state index is 13.6. The molecule has 5 nitrogen and oxygen atoms in total. The van der Waals surface area contributed by atoms with E-state index in [1.54, 1.807) is 42.1 Å². The Labute approximate surface area is 156 Å². The lowest BCUT2D eigenvalue weighted by Gasteiger charge is -2.27. The summed E-state index contributed by atoms with van der Waals surface area (Å²) in [6.45, 7) is 0. The zero-order chi connectivity index (χ0) is 18.9. The first-order chi connectivity index (χ1) is 12.3. The Bertz CT molecular complexity index is 947. The molecule has 0 unspecified atom stereocenters. The third kappa shape index (κ3) is 3.86. The number of rotatable bonds is 4. The molecule has 1 aliphatic rings. The summed E-state index contributed by atoms with van der Waals surface area (Å²) in [7, 11) is -2.09. The van der Waals surface area contributed by atoms with Crippen LogP contribution in [-0.2, 0) is 10.0 Å². The lowest BCUT2D eigenvalue weighted by molar-refractivity contribution is 0.0935. The van der Waals surface area contributed by atoms with Crippen LogP contribution in [0.3, 0.4) is 0 Å². The highest BCUT2D eigenvalue weighted by Crippen LogP contribution is 2.36. The van der Waals surface area contributed by atoms with Crippen LogP contribution < -0.4 is 9.62 Å². The Balaban J connectivity index is 1.90. The third-order valence-electron chi connectivity index (χ3n) is 4.30. The summed E-state index contributed by atoms with van der Waals surface area (Å²) in [5, 5.41) is 2.92. The molecule has 0 saturated heterocycles. The van der Waals surface area contributed by atoms with Crippen LogP contribution >= 0.6 is 11.8 Å². The number of para-hydroxylation sites is 1. The molecule has 26 heavy (non-hydrogen) atoms. The molecular formula is C18H19FN2O3S2. The van der Waals surface area contributed by atoms with E-state index in [-0.39, 0.29) is 23.3 Å².